The van der Waals surface area contributed by atoms with Crippen molar-refractivity contribution >= 4 is 17.1 Å². The molecule has 2 heterocycles. The topological polar surface area (TPSA) is 43.3 Å². The summed E-state index contributed by atoms with van der Waals surface area (Å²) in [5.74, 6) is -0.420. The van der Waals surface area contributed by atoms with Crippen molar-refractivity contribution in [2.24, 2.45) is 5.73 Å². The highest BCUT2D eigenvalue weighted by atomic mass is 35.5. The van der Waals surface area contributed by atoms with E-state index in [1.165, 1.54) is 6.07 Å². The monoisotopic (exact) mass is 289 g/mol. The van der Waals surface area contributed by atoms with Gasteiger partial charge in [-0.15, -0.1) is 0 Å². The number of hydrogen-bond donors (Lipinski definition) is 1. The summed E-state index contributed by atoms with van der Waals surface area (Å²) in [6.45, 7) is 0. The first-order valence-corrected chi connectivity index (χ1v) is 6.65. The SMILES string of the molecule is NC(Cc1ccc(Cl)c(F)c1)c1cnn2ccccc12. The minimum atomic E-state index is -0.420. The van der Waals surface area contributed by atoms with Crippen LogP contribution in [0.15, 0.2) is 48.8 Å². The molecule has 1 aromatic carbocycles. The summed E-state index contributed by atoms with van der Waals surface area (Å²) in [5.41, 5.74) is 8.94. The van der Waals surface area contributed by atoms with Gasteiger partial charge < -0.3 is 5.73 Å². The molecule has 1 unspecified atom stereocenters. The molecule has 102 valence electrons. The zero-order chi connectivity index (χ0) is 14.1. The van der Waals surface area contributed by atoms with Gasteiger partial charge in [-0.1, -0.05) is 23.7 Å². The van der Waals surface area contributed by atoms with Crippen molar-refractivity contribution in [1.29, 1.82) is 0 Å². The Morgan fingerprint density at radius 3 is 2.95 bits per heavy atom. The number of fused-ring (bicyclic) bond motifs is 1. The van der Waals surface area contributed by atoms with Gasteiger partial charge in [0, 0.05) is 17.8 Å². The second-order valence-electron chi connectivity index (χ2n) is 4.69. The lowest BCUT2D eigenvalue weighted by molar-refractivity contribution is 0.622. The lowest BCUT2D eigenvalue weighted by Crippen LogP contribution is -2.13. The summed E-state index contributed by atoms with van der Waals surface area (Å²) >= 11 is 5.68. The van der Waals surface area contributed by atoms with Crippen molar-refractivity contribution < 1.29 is 4.39 Å². The Hall–Kier alpha value is -1.91. The molecular formula is C15H13ClFN3. The Morgan fingerprint density at radius 1 is 1.30 bits per heavy atom. The van der Waals surface area contributed by atoms with E-state index in [1.807, 2.05) is 24.4 Å². The van der Waals surface area contributed by atoms with E-state index >= 15 is 0 Å². The molecule has 0 bridgehead atoms. The smallest absolute Gasteiger partial charge is 0.142 e. The molecule has 3 aromatic rings. The van der Waals surface area contributed by atoms with E-state index in [-0.39, 0.29) is 11.1 Å². The van der Waals surface area contributed by atoms with Crippen LogP contribution < -0.4 is 5.73 Å². The van der Waals surface area contributed by atoms with Crippen LogP contribution in [0.4, 0.5) is 4.39 Å². The maximum absolute atomic E-state index is 13.4. The van der Waals surface area contributed by atoms with Crippen molar-refractivity contribution in [3.05, 3.63) is 70.8 Å². The Morgan fingerprint density at radius 2 is 2.15 bits per heavy atom. The molecule has 0 saturated heterocycles. The van der Waals surface area contributed by atoms with Crippen molar-refractivity contribution in [3.63, 3.8) is 0 Å². The van der Waals surface area contributed by atoms with E-state index in [9.17, 15) is 4.39 Å². The third-order valence-electron chi connectivity index (χ3n) is 3.30. The van der Waals surface area contributed by atoms with Crippen molar-refractivity contribution in [2.45, 2.75) is 12.5 Å². The Labute approximate surface area is 120 Å². The normalized spacial score (nSPS) is 12.8. The van der Waals surface area contributed by atoms with E-state index in [0.717, 1.165) is 16.6 Å². The van der Waals surface area contributed by atoms with Crippen LogP contribution in [0.25, 0.3) is 5.52 Å². The maximum Gasteiger partial charge on any atom is 0.142 e. The minimum Gasteiger partial charge on any atom is -0.324 e. The number of hydrogen-bond acceptors (Lipinski definition) is 2. The van der Waals surface area contributed by atoms with Crippen LogP contribution >= 0.6 is 11.6 Å². The second kappa shape index (κ2) is 5.23. The zero-order valence-corrected chi connectivity index (χ0v) is 11.4. The second-order valence-corrected chi connectivity index (χ2v) is 5.10. The van der Waals surface area contributed by atoms with Crippen molar-refractivity contribution in [3.8, 4) is 0 Å². The third kappa shape index (κ3) is 2.40. The average Bonchev–Trinajstić information content (AvgIpc) is 2.87. The number of halogens is 2. The molecule has 0 aliphatic heterocycles. The van der Waals surface area contributed by atoms with Gasteiger partial charge in [-0.05, 0) is 36.2 Å². The van der Waals surface area contributed by atoms with Gasteiger partial charge in [0.25, 0.3) is 0 Å². The fourth-order valence-corrected chi connectivity index (χ4v) is 2.39. The first-order valence-electron chi connectivity index (χ1n) is 6.27. The number of benzene rings is 1. The number of nitrogens with two attached hydrogens (primary N) is 1. The predicted octanol–water partition coefficient (Wildman–Crippen LogP) is 3.37. The van der Waals surface area contributed by atoms with Gasteiger partial charge in [-0.3, -0.25) is 0 Å². The highest BCUT2D eigenvalue weighted by Crippen LogP contribution is 2.23. The molecule has 0 aliphatic carbocycles. The quantitative estimate of drug-likeness (QED) is 0.803. The van der Waals surface area contributed by atoms with E-state index in [2.05, 4.69) is 5.10 Å². The molecule has 1 atom stereocenters. The fraction of sp³-hybridized carbons (Fsp3) is 0.133. The summed E-state index contributed by atoms with van der Waals surface area (Å²) in [5, 5.41) is 4.38. The molecule has 2 aromatic heterocycles. The molecule has 0 amide bonds. The molecule has 5 heteroatoms. The average molecular weight is 290 g/mol. The highest BCUT2D eigenvalue weighted by molar-refractivity contribution is 6.30. The van der Waals surface area contributed by atoms with Gasteiger partial charge >= 0.3 is 0 Å². The molecule has 0 aliphatic rings. The fourth-order valence-electron chi connectivity index (χ4n) is 2.27. The van der Waals surface area contributed by atoms with Gasteiger partial charge in [0.05, 0.1) is 16.7 Å². The van der Waals surface area contributed by atoms with Gasteiger partial charge in [-0.25, -0.2) is 8.91 Å². The summed E-state index contributed by atoms with van der Waals surface area (Å²) in [4.78, 5) is 0. The third-order valence-corrected chi connectivity index (χ3v) is 3.60. The summed E-state index contributed by atoms with van der Waals surface area (Å²) < 4.78 is 15.2. The first-order chi connectivity index (χ1) is 9.65. The Kier molecular flexibility index (Phi) is 3.42. The summed E-state index contributed by atoms with van der Waals surface area (Å²) in [6, 6.07) is 10.3. The van der Waals surface area contributed by atoms with E-state index < -0.39 is 5.82 Å². The van der Waals surface area contributed by atoms with Crippen LogP contribution in [0.5, 0.6) is 0 Å². The lowest BCUT2D eigenvalue weighted by Gasteiger charge is -2.11. The van der Waals surface area contributed by atoms with E-state index in [1.54, 1.807) is 22.8 Å². The molecule has 20 heavy (non-hydrogen) atoms. The van der Waals surface area contributed by atoms with Gasteiger partial charge in [0.2, 0.25) is 0 Å². The van der Waals surface area contributed by atoms with E-state index in [0.29, 0.717) is 6.42 Å². The molecule has 3 nitrogen and oxygen atoms in total. The van der Waals surface area contributed by atoms with Gasteiger partial charge in [-0.2, -0.15) is 5.10 Å². The minimum absolute atomic E-state index is 0.123. The summed E-state index contributed by atoms with van der Waals surface area (Å²) in [6.07, 6.45) is 4.16. The maximum atomic E-state index is 13.4. The predicted molar refractivity (Wildman–Crippen MR) is 77.2 cm³/mol. The van der Waals surface area contributed by atoms with Crippen LogP contribution in [-0.4, -0.2) is 9.61 Å². The van der Waals surface area contributed by atoms with Crippen LogP contribution in [0.3, 0.4) is 0 Å². The summed E-state index contributed by atoms with van der Waals surface area (Å²) in [7, 11) is 0. The molecule has 0 saturated carbocycles. The number of pyridine rings is 1. The van der Waals surface area contributed by atoms with Crippen LogP contribution in [-0.2, 0) is 6.42 Å². The molecule has 0 spiro atoms. The molecule has 0 fully saturated rings. The largest absolute Gasteiger partial charge is 0.324 e. The first kappa shape index (κ1) is 13.1. The molecule has 3 rings (SSSR count). The number of rotatable bonds is 3. The zero-order valence-electron chi connectivity index (χ0n) is 10.6. The van der Waals surface area contributed by atoms with Crippen LogP contribution in [0, 0.1) is 5.82 Å². The lowest BCUT2D eigenvalue weighted by atomic mass is 10.0. The van der Waals surface area contributed by atoms with Crippen LogP contribution in [0.2, 0.25) is 5.02 Å². The number of nitrogens with zero attached hydrogens (tertiary/aromatic N) is 2. The van der Waals surface area contributed by atoms with Crippen molar-refractivity contribution in [1.82, 2.24) is 9.61 Å². The highest BCUT2D eigenvalue weighted by Gasteiger charge is 2.13. The van der Waals surface area contributed by atoms with Gasteiger partial charge in [0.1, 0.15) is 5.82 Å². The molecular weight excluding hydrogens is 277 g/mol. The molecule has 0 radical (unpaired) electrons. The van der Waals surface area contributed by atoms with E-state index in [4.69, 9.17) is 17.3 Å². The standard InChI is InChI=1S/C15H13ClFN3/c16-12-5-4-10(7-13(12)17)8-14(18)11-9-19-20-6-2-1-3-15(11)20/h1-7,9,14H,8,18H2. The number of aromatic nitrogens is 2. The Bertz CT molecular complexity index is 754. The Balaban J connectivity index is 1.89. The van der Waals surface area contributed by atoms with Crippen LogP contribution in [0.1, 0.15) is 17.2 Å². The van der Waals surface area contributed by atoms with Gasteiger partial charge in [0.15, 0.2) is 0 Å². The molecule has 2 N–H and O–H groups in total. The van der Waals surface area contributed by atoms with Crippen molar-refractivity contribution in [2.75, 3.05) is 0 Å².